The summed E-state index contributed by atoms with van der Waals surface area (Å²) in [5.74, 6) is -0.839. The topological polar surface area (TPSA) is 87.6 Å². The number of piperidine rings is 1. The highest BCUT2D eigenvalue weighted by atomic mass is 32.2. The maximum atomic E-state index is 13.0. The Balaban J connectivity index is 1.69. The number of hydrogen-bond donors (Lipinski definition) is 1. The van der Waals surface area contributed by atoms with Crippen molar-refractivity contribution in [2.24, 2.45) is 5.92 Å². The fourth-order valence-corrected chi connectivity index (χ4v) is 5.49. The van der Waals surface area contributed by atoms with E-state index in [1.54, 1.807) is 12.1 Å². The second-order valence-corrected chi connectivity index (χ2v) is 10.1. The standard InChI is InChI=1S/C23H21F3N2O4S/c24-23(25,26)17-6-2-7-18(12-17)33(31,32)19-11-16-5-1-8-20(22(16)27-13-19)28-9-3-4-15(14-28)10-21(29)30/h1-2,5-8,11-13,15H,3-4,9-10,14H2,(H,29,30). The number of benzene rings is 2. The van der Waals surface area contributed by atoms with Gasteiger partial charge in [-0.1, -0.05) is 18.2 Å². The third-order valence-electron chi connectivity index (χ3n) is 5.77. The minimum Gasteiger partial charge on any atom is -0.481 e. The molecule has 1 N–H and O–H groups in total. The Bertz CT molecular complexity index is 1310. The Labute approximate surface area is 188 Å². The van der Waals surface area contributed by atoms with Gasteiger partial charge in [-0.25, -0.2) is 8.42 Å². The molecule has 0 bridgehead atoms. The predicted molar refractivity (Wildman–Crippen MR) is 116 cm³/mol. The van der Waals surface area contributed by atoms with E-state index in [2.05, 4.69) is 4.98 Å². The van der Waals surface area contributed by atoms with E-state index in [1.165, 1.54) is 6.07 Å². The molecule has 1 unspecified atom stereocenters. The third kappa shape index (κ3) is 4.80. The number of fused-ring (bicyclic) bond motifs is 1. The summed E-state index contributed by atoms with van der Waals surface area (Å²) in [5.41, 5.74) is 0.280. The molecule has 1 saturated heterocycles. The van der Waals surface area contributed by atoms with Crippen LogP contribution in [-0.2, 0) is 20.8 Å². The maximum absolute atomic E-state index is 13.0. The first-order valence-electron chi connectivity index (χ1n) is 10.3. The predicted octanol–water partition coefficient (Wildman–Crippen LogP) is 4.78. The number of carboxylic acid groups (broad SMARTS) is 1. The molecule has 0 amide bonds. The number of nitrogens with zero attached hydrogens (tertiary/aromatic N) is 2. The first-order chi connectivity index (χ1) is 15.6. The van der Waals surface area contributed by atoms with Crippen molar-refractivity contribution in [1.29, 1.82) is 0 Å². The Kier molecular flexibility index (Phi) is 6.04. The van der Waals surface area contributed by atoms with E-state index in [1.807, 2.05) is 11.0 Å². The van der Waals surface area contributed by atoms with E-state index >= 15 is 0 Å². The van der Waals surface area contributed by atoms with Gasteiger partial charge in [0, 0.05) is 31.1 Å². The molecule has 1 fully saturated rings. The molecule has 0 spiro atoms. The number of halogens is 3. The van der Waals surface area contributed by atoms with Gasteiger partial charge in [-0.2, -0.15) is 13.2 Å². The van der Waals surface area contributed by atoms with Crippen LogP contribution in [0.2, 0.25) is 0 Å². The summed E-state index contributed by atoms with van der Waals surface area (Å²) in [6.45, 7) is 1.28. The molecule has 6 nitrogen and oxygen atoms in total. The van der Waals surface area contributed by atoms with Crippen molar-refractivity contribution in [3.63, 3.8) is 0 Å². The number of pyridine rings is 1. The average molecular weight is 478 g/mol. The highest BCUT2D eigenvalue weighted by Gasteiger charge is 2.32. The number of anilines is 1. The fourth-order valence-electron chi connectivity index (χ4n) is 4.20. The molecule has 2 heterocycles. The summed E-state index contributed by atoms with van der Waals surface area (Å²) in [4.78, 5) is 16.8. The van der Waals surface area contributed by atoms with Gasteiger partial charge >= 0.3 is 12.1 Å². The van der Waals surface area contributed by atoms with Gasteiger partial charge in [0.05, 0.1) is 26.6 Å². The van der Waals surface area contributed by atoms with Crippen LogP contribution in [0, 0.1) is 5.92 Å². The van der Waals surface area contributed by atoms with E-state index < -0.39 is 32.4 Å². The molecule has 2 aromatic carbocycles. The van der Waals surface area contributed by atoms with Gasteiger partial charge in [-0.15, -0.1) is 0 Å². The number of carbonyl (C=O) groups is 1. The van der Waals surface area contributed by atoms with Crippen LogP contribution < -0.4 is 4.90 Å². The lowest BCUT2D eigenvalue weighted by atomic mass is 9.94. The van der Waals surface area contributed by atoms with Crippen LogP contribution in [0.25, 0.3) is 10.9 Å². The number of alkyl halides is 3. The molecule has 0 aliphatic carbocycles. The molecular weight excluding hydrogens is 457 g/mol. The molecule has 1 aliphatic heterocycles. The van der Waals surface area contributed by atoms with Crippen molar-refractivity contribution in [1.82, 2.24) is 4.98 Å². The SMILES string of the molecule is O=C(O)CC1CCCN(c2cccc3cc(S(=O)(=O)c4cccc(C(F)(F)F)c4)cnc23)C1. The smallest absolute Gasteiger partial charge is 0.416 e. The lowest BCUT2D eigenvalue weighted by molar-refractivity contribution is -0.138. The monoisotopic (exact) mass is 478 g/mol. The average Bonchev–Trinajstić information content (AvgIpc) is 2.77. The number of hydrogen-bond acceptors (Lipinski definition) is 5. The molecule has 1 aromatic heterocycles. The largest absolute Gasteiger partial charge is 0.481 e. The minimum absolute atomic E-state index is 0.00654. The Morgan fingerprint density at radius 2 is 1.88 bits per heavy atom. The van der Waals surface area contributed by atoms with E-state index in [-0.39, 0.29) is 17.2 Å². The van der Waals surface area contributed by atoms with Crippen LogP contribution in [0.5, 0.6) is 0 Å². The summed E-state index contributed by atoms with van der Waals surface area (Å²) in [7, 11) is -4.21. The van der Waals surface area contributed by atoms with Gasteiger partial charge in [0.1, 0.15) is 0 Å². The van der Waals surface area contributed by atoms with E-state index in [0.717, 1.165) is 49.5 Å². The summed E-state index contributed by atoms with van der Waals surface area (Å²) in [6.07, 6.45) is -1.78. The molecule has 1 atom stereocenters. The Morgan fingerprint density at radius 3 is 2.61 bits per heavy atom. The summed E-state index contributed by atoms with van der Waals surface area (Å²) >= 11 is 0. The molecular formula is C23H21F3N2O4S. The second-order valence-electron chi connectivity index (χ2n) is 8.10. The summed E-state index contributed by atoms with van der Waals surface area (Å²) < 4.78 is 65.2. The second kappa shape index (κ2) is 8.66. The first kappa shape index (κ1) is 23.0. The Hall–Kier alpha value is -3.14. The zero-order valence-corrected chi connectivity index (χ0v) is 18.2. The zero-order chi connectivity index (χ0) is 23.8. The number of carboxylic acids is 1. The van der Waals surface area contributed by atoms with Crippen LogP contribution in [0.3, 0.4) is 0 Å². The van der Waals surface area contributed by atoms with Crippen molar-refractivity contribution in [3.8, 4) is 0 Å². The van der Waals surface area contributed by atoms with Crippen molar-refractivity contribution < 1.29 is 31.5 Å². The third-order valence-corrected chi connectivity index (χ3v) is 7.49. The molecule has 1 aliphatic rings. The summed E-state index contributed by atoms with van der Waals surface area (Å²) in [5, 5.41) is 9.64. The fraction of sp³-hybridized carbons (Fsp3) is 0.304. The van der Waals surface area contributed by atoms with Crippen LogP contribution in [0.15, 0.2) is 64.5 Å². The number of para-hydroxylation sites is 1. The zero-order valence-electron chi connectivity index (χ0n) is 17.4. The highest BCUT2D eigenvalue weighted by Crippen LogP contribution is 2.34. The van der Waals surface area contributed by atoms with Crippen LogP contribution >= 0.6 is 0 Å². The van der Waals surface area contributed by atoms with Crippen molar-refractivity contribution in [2.75, 3.05) is 18.0 Å². The number of aromatic nitrogens is 1. The van der Waals surface area contributed by atoms with Gasteiger partial charge in [0.15, 0.2) is 0 Å². The van der Waals surface area contributed by atoms with E-state index in [9.17, 15) is 26.4 Å². The van der Waals surface area contributed by atoms with Gasteiger partial charge < -0.3 is 10.0 Å². The Morgan fingerprint density at radius 1 is 1.12 bits per heavy atom. The molecule has 4 rings (SSSR count). The van der Waals surface area contributed by atoms with Gasteiger partial charge in [0.2, 0.25) is 9.84 Å². The lowest BCUT2D eigenvalue weighted by Gasteiger charge is -2.34. The molecule has 0 radical (unpaired) electrons. The van der Waals surface area contributed by atoms with Crippen LogP contribution in [-0.4, -0.2) is 37.6 Å². The van der Waals surface area contributed by atoms with Crippen LogP contribution in [0.4, 0.5) is 18.9 Å². The lowest BCUT2D eigenvalue weighted by Crippen LogP contribution is -2.36. The van der Waals surface area contributed by atoms with Gasteiger partial charge in [-0.3, -0.25) is 9.78 Å². The van der Waals surface area contributed by atoms with Gasteiger partial charge in [0.25, 0.3) is 0 Å². The van der Waals surface area contributed by atoms with E-state index in [4.69, 9.17) is 5.11 Å². The summed E-state index contributed by atoms with van der Waals surface area (Å²) in [6, 6.07) is 10.3. The molecule has 10 heteroatoms. The highest BCUT2D eigenvalue weighted by molar-refractivity contribution is 7.91. The molecule has 174 valence electrons. The maximum Gasteiger partial charge on any atom is 0.416 e. The van der Waals surface area contributed by atoms with Crippen molar-refractivity contribution in [3.05, 3.63) is 60.3 Å². The van der Waals surface area contributed by atoms with Crippen molar-refractivity contribution in [2.45, 2.75) is 35.2 Å². The van der Waals surface area contributed by atoms with Crippen LogP contribution in [0.1, 0.15) is 24.8 Å². The molecule has 0 saturated carbocycles. The minimum atomic E-state index is -4.66. The number of sulfone groups is 1. The number of rotatable bonds is 5. The van der Waals surface area contributed by atoms with Crippen molar-refractivity contribution >= 4 is 32.4 Å². The first-order valence-corrected chi connectivity index (χ1v) is 11.8. The normalized spacial score (nSPS) is 17.3. The molecule has 33 heavy (non-hydrogen) atoms. The quantitative estimate of drug-likeness (QED) is 0.568. The number of aliphatic carboxylic acids is 1. The van der Waals surface area contributed by atoms with E-state index in [0.29, 0.717) is 23.5 Å². The van der Waals surface area contributed by atoms with Gasteiger partial charge in [-0.05, 0) is 49.1 Å². The molecule has 3 aromatic rings.